The molecule has 0 amide bonds. The molecule has 8 nitrogen and oxygen atoms in total. The molecule has 142 valence electrons. The molecule has 0 aliphatic rings. The van der Waals surface area contributed by atoms with Crippen LogP contribution in [0.3, 0.4) is 0 Å². The second kappa shape index (κ2) is 9.04. The van der Waals surface area contributed by atoms with Crippen LogP contribution >= 0.6 is 11.6 Å². The normalized spacial score (nSPS) is 11.3. The molecule has 10 heteroatoms. The number of ether oxygens (including phenoxy) is 2. The molecule has 0 atom stereocenters. The van der Waals surface area contributed by atoms with E-state index in [1.54, 1.807) is 12.1 Å². The van der Waals surface area contributed by atoms with Crippen molar-refractivity contribution in [1.29, 1.82) is 0 Å². The van der Waals surface area contributed by atoms with Crippen LogP contribution in [0.15, 0.2) is 39.8 Å². The van der Waals surface area contributed by atoms with Crippen molar-refractivity contribution in [1.82, 2.24) is 0 Å². The van der Waals surface area contributed by atoms with E-state index < -0.39 is 16.0 Å². The summed E-state index contributed by atoms with van der Waals surface area (Å²) in [4.78, 5) is 12.0. The lowest BCUT2D eigenvalue weighted by atomic mass is 10.1. The maximum atomic E-state index is 12.4. The molecule has 0 spiro atoms. The molecule has 26 heavy (non-hydrogen) atoms. The van der Waals surface area contributed by atoms with Gasteiger partial charge in [0.2, 0.25) is 10.0 Å². The Morgan fingerprint density at radius 3 is 2.73 bits per heavy atom. The number of halogens is 1. The summed E-state index contributed by atoms with van der Waals surface area (Å²) in [6, 6.07) is 5.86. The highest BCUT2D eigenvalue weighted by Crippen LogP contribution is 2.29. The van der Waals surface area contributed by atoms with Gasteiger partial charge in [0.05, 0.1) is 35.7 Å². The third kappa shape index (κ3) is 5.46. The fraction of sp³-hybridized carbons (Fsp3) is 0.312. The van der Waals surface area contributed by atoms with Crippen LogP contribution in [0, 0.1) is 0 Å². The highest BCUT2D eigenvalue weighted by atomic mass is 35.5. The number of esters is 1. The highest BCUT2D eigenvalue weighted by molar-refractivity contribution is 7.89. The predicted molar refractivity (Wildman–Crippen MR) is 95.6 cm³/mol. The average Bonchev–Trinajstić information content (AvgIpc) is 3.09. The molecule has 0 unspecified atom stereocenters. The van der Waals surface area contributed by atoms with Gasteiger partial charge in [-0.15, -0.1) is 0 Å². The summed E-state index contributed by atoms with van der Waals surface area (Å²) in [5.74, 6) is -0.111. The maximum absolute atomic E-state index is 12.4. The van der Waals surface area contributed by atoms with Crippen LogP contribution in [0.1, 0.15) is 23.0 Å². The Bertz CT molecular complexity index is 852. The number of anilines is 1. The Kier molecular flexibility index (Phi) is 7.04. The minimum absolute atomic E-state index is 0.0125. The van der Waals surface area contributed by atoms with Gasteiger partial charge in [0.25, 0.3) is 0 Å². The van der Waals surface area contributed by atoms with Crippen molar-refractivity contribution < 1.29 is 27.1 Å². The number of hydrogen-bond acceptors (Lipinski definition) is 7. The average molecular weight is 403 g/mol. The molecular weight excluding hydrogens is 384 g/mol. The number of furan rings is 1. The van der Waals surface area contributed by atoms with Crippen molar-refractivity contribution in [2.45, 2.75) is 18.4 Å². The number of hydrogen-bond donors (Lipinski definition) is 2. The van der Waals surface area contributed by atoms with Crippen LogP contribution in [0.4, 0.5) is 5.69 Å². The Morgan fingerprint density at radius 1 is 1.35 bits per heavy atom. The van der Waals surface area contributed by atoms with Crippen LogP contribution < -0.4 is 10.5 Å². The van der Waals surface area contributed by atoms with Crippen LogP contribution in [0.2, 0.25) is 5.02 Å². The smallest absolute Gasteiger partial charge is 0.340 e. The van der Waals surface area contributed by atoms with Gasteiger partial charge in [-0.1, -0.05) is 11.6 Å². The lowest BCUT2D eigenvalue weighted by Gasteiger charge is -2.14. The molecule has 1 aromatic carbocycles. The zero-order chi connectivity index (χ0) is 19.2. The van der Waals surface area contributed by atoms with Gasteiger partial charge in [-0.25, -0.2) is 18.4 Å². The largest absolute Gasteiger partial charge is 0.467 e. The first-order valence-corrected chi connectivity index (χ1v) is 9.62. The molecule has 3 N–H and O–H groups in total. The molecule has 0 radical (unpaired) electrons. The highest BCUT2D eigenvalue weighted by Gasteiger charge is 2.21. The van der Waals surface area contributed by atoms with Crippen molar-refractivity contribution in [3.63, 3.8) is 0 Å². The van der Waals surface area contributed by atoms with E-state index in [9.17, 15) is 13.2 Å². The number of carbonyl (C=O) groups is 1. The molecule has 0 fully saturated rings. The molecule has 0 aliphatic carbocycles. The lowest BCUT2D eigenvalue weighted by molar-refractivity contribution is 0.0336. The maximum Gasteiger partial charge on any atom is 0.340 e. The van der Waals surface area contributed by atoms with Crippen molar-refractivity contribution in [2.75, 3.05) is 25.1 Å². The fourth-order valence-electron chi connectivity index (χ4n) is 2.10. The molecule has 0 bridgehead atoms. The van der Waals surface area contributed by atoms with Crippen LogP contribution in [-0.2, 0) is 26.0 Å². The Hall–Kier alpha value is -2.07. The summed E-state index contributed by atoms with van der Waals surface area (Å²) in [6.45, 7) is 2.82. The number of nitrogens with one attached hydrogen (secondary N) is 1. The van der Waals surface area contributed by atoms with E-state index in [0.29, 0.717) is 18.1 Å². The minimum Gasteiger partial charge on any atom is -0.467 e. The molecule has 2 aromatic rings. The van der Waals surface area contributed by atoms with Gasteiger partial charge >= 0.3 is 5.97 Å². The summed E-state index contributed by atoms with van der Waals surface area (Å²) in [6.07, 6.45) is 1.51. The van der Waals surface area contributed by atoms with Crippen molar-refractivity contribution in [3.05, 3.63) is 46.9 Å². The first-order valence-electron chi connectivity index (χ1n) is 7.70. The number of sulfonamides is 1. The van der Waals surface area contributed by atoms with Crippen molar-refractivity contribution >= 4 is 33.3 Å². The van der Waals surface area contributed by atoms with Crippen LogP contribution in [0.25, 0.3) is 0 Å². The van der Waals surface area contributed by atoms with Crippen molar-refractivity contribution in [3.8, 4) is 0 Å². The van der Waals surface area contributed by atoms with Gasteiger partial charge in [0.1, 0.15) is 17.3 Å². The molecule has 0 aliphatic heterocycles. The number of benzene rings is 1. The number of carbonyl (C=O) groups excluding carboxylic acids is 1. The van der Waals surface area contributed by atoms with E-state index in [-0.39, 0.29) is 35.2 Å². The van der Waals surface area contributed by atoms with Gasteiger partial charge in [-0.05, 0) is 31.2 Å². The van der Waals surface area contributed by atoms with E-state index in [1.165, 1.54) is 12.3 Å². The summed E-state index contributed by atoms with van der Waals surface area (Å²) in [5, 5.41) is 8.01. The first kappa shape index (κ1) is 20.2. The van der Waals surface area contributed by atoms with E-state index in [1.807, 2.05) is 6.92 Å². The second-order valence-electron chi connectivity index (χ2n) is 5.14. The Morgan fingerprint density at radius 2 is 2.12 bits per heavy atom. The predicted octanol–water partition coefficient (Wildman–Crippen LogP) is 2.39. The summed E-state index contributed by atoms with van der Waals surface area (Å²) >= 11 is 6.00. The van der Waals surface area contributed by atoms with E-state index in [0.717, 1.165) is 6.07 Å². The van der Waals surface area contributed by atoms with Crippen molar-refractivity contribution in [2.24, 2.45) is 5.14 Å². The van der Waals surface area contributed by atoms with Crippen LogP contribution in [-0.4, -0.2) is 34.2 Å². The standard InChI is InChI=1S/C16H19ClN2O6S/c1-2-23-6-7-25-16(20)12-8-15(26(18,21)22)13(17)9-14(12)19-10-11-4-3-5-24-11/h3-5,8-9,19H,2,6-7,10H2,1H3,(H2,18,21,22). The molecule has 1 heterocycles. The van der Waals surface area contributed by atoms with Gasteiger partial charge < -0.3 is 19.2 Å². The fourth-order valence-corrected chi connectivity index (χ4v) is 3.20. The van der Waals surface area contributed by atoms with E-state index >= 15 is 0 Å². The SMILES string of the molecule is CCOCCOC(=O)c1cc(S(N)(=O)=O)c(Cl)cc1NCc1ccco1. The van der Waals surface area contributed by atoms with Gasteiger partial charge in [-0.3, -0.25) is 0 Å². The van der Waals surface area contributed by atoms with E-state index in [2.05, 4.69) is 5.32 Å². The monoisotopic (exact) mass is 402 g/mol. The lowest BCUT2D eigenvalue weighted by Crippen LogP contribution is -2.17. The number of nitrogens with two attached hydrogens (primary N) is 1. The molecule has 0 saturated carbocycles. The topological polar surface area (TPSA) is 121 Å². The Labute approximate surface area is 156 Å². The zero-order valence-electron chi connectivity index (χ0n) is 14.0. The minimum atomic E-state index is -4.10. The Balaban J connectivity index is 2.28. The van der Waals surface area contributed by atoms with Crippen LogP contribution in [0.5, 0.6) is 0 Å². The first-order chi connectivity index (χ1) is 12.3. The number of rotatable bonds is 9. The number of primary sulfonamides is 1. The summed E-state index contributed by atoms with van der Waals surface area (Å²) < 4.78 is 38.8. The summed E-state index contributed by atoms with van der Waals surface area (Å²) in [7, 11) is -4.10. The third-order valence-corrected chi connectivity index (χ3v) is 4.67. The second-order valence-corrected chi connectivity index (χ2v) is 7.08. The quantitative estimate of drug-likeness (QED) is 0.487. The summed E-state index contributed by atoms with van der Waals surface area (Å²) in [5.41, 5.74) is 0.279. The van der Waals surface area contributed by atoms with Gasteiger partial charge in [0, 0.05) is 6.61 Å². The zero-order valence-corrected chi connectivity index (χ0v) is 15.6. The third-order valence-electron chi connectivity index (χ3n) is 3.30. The molecule has 1 aromatic heterocycles. The molecular formula is C16H19ClN2O6S. The molecule has 0 saturated heterocycles. The van der Waals surface area contributed by atoms with Gasteiger partial charge in [-0.2, -0.15) is 0 Å². The van der Waals surface area contributed by atoms with Gasteiger partial charge in [0.15, 0.2) is 0 Å². The molecule has 2 rings (SSSR count). The van der Waals surface area contributed by atoms with E-state index in [4.69, 9.17) is 30.6 Å².